The Balaban J connectivity index is 3.59. The van der Waals surface area contributed by atoms with Crippen LogP contribution in [0.25, 0.3) is 0 Å². The normalized spacial score (nSPS) is 12.4. The number of carbonyl (C=O) groups is 2. The van der Waals surface area contributed by atoms with Crippen molar-refractivity contribution in [1.29, 1.82) is 0 Å². The first-order valence-corrected chi connectivity index (χ1v) is 4.00. The number of hydrogen-bond donors (Lipinski definition) is 4. The van der Waals surface area contributed by atoms with E-state index in [1.54, 1.807) is 0 Å². The number of carboxylic acid groups (broad SMARTS) is 2. The second-order valence-corrected chi connectivity index (χ2v) is 2.54. The molecule has 0 fully saturated rings. The van der Waals surface area contributed by atoms with Crippen LogP contribution in [0.4, 0.5) is 0 Å². The SMILES string of the molecule is O=C(O)CCN[C@@H](CS)C(=O)O. The maximum Gasteiger partial charge on any atom is 0.321 e. The van der Waals surface area contributed by atoms with E-state index in [0.717, 1.165) is 0 Å². The molecule has 0 aromatic carbocycles. The smallest absolute Gasteiger partial charge is 0.321 e. The minimum absolute atomic E-state index is 0.0858. The Bertz CT molecular complexity index is 173. The summed E-state index contributed by atoms with van der Waals surface area (Å²) in [6.45, 7) is 0.146. The van der Waals surface area contributed by atoms with Crippen LogP contribution in [0.2, 0.25) is 0 Å². The van der Waals surface area contributed by atoms with Crippen LogP contribution in [-0.2, 0) is 9.59 Å². The molecule has 0 saturated carbocycles. The number of carboxylic acids is 2. The van der Waals surface area contributed by atoms with Gasteiger partial charge in [0.1, 0.15) is 6.04 Å². The van der Waals surface area contributed by atoms with Crippen molar-refractivity contribution in [2.75, 3.05) is 12.3 Å². The number of rotatable bonds is 6. The van der Waals surface area contributed by atoms with Crippen LogP contribution in [0, 0.1) is 0 Å². The minimum Gasteiger partial charge on any atom is -0.481 e. The summed E-state index contributed by atoms with van der Waals surface area (Å²) in [5.74, 6) is -1.82. The number of aliphatic carboxylic acids is 2. The standard InChI is InChI=1S/C6H11NO4S/c8-5(9)1-2-7-4(3-12)6(10)11/h4,7,12H,1-3H2,(H,8,9)(H,10,11)/t4-/m0/s1. The van der Waals surface area contributed by atoms with Crippen LogP contribution in [0.3, 0.4) is 0 Å². The summed E-state index contributed by atoms with van der Waals surface area (Å²) in [4.78, 5) is 20.4. The van der Waals surface area contributed by atoms with Crippen molar-refractivity contribution in [1.82, 2.24) is 5.32 Å². The molecule has 5 nitrogen and oxygen atoms in total. The zero-order valence-electron chi connectivity index (χ0n) is 6.36. The monoisotopic (exact) mass is 193 g/mol. The Morgan fingerprint density at radius 3 is 2.33 bits per heavy atom. The van der Waals surface area contributed by atoms with Crippen molar-refractivity contribution < 1.29 is 19.8 Å². The molecule has 0 heterocycles. The highest BCUT2D eigenvalue weighted by molar-refractivity contribution is 7.80. The van der Waals surface area contributed by atoms with Crippen LogP contribution in [0.15, 0.2) is 0 Å². The number of thiol groups is 1. The van der Waals surface area contributed by atoms with Crippen LogP contribution >= 0.6 is 12.6 Å². The predicted octanol–water partition coefficient (Wildman–Crippen LogP) is -0.566. The molecule has 0 radical (unpaired) electrons. The molecule has 0 saturated heterocycles. The van der Waals surface area contributed by atoms with Crippen molar-refractivity contribution in [2.24, 2.45) is 0 Å². The van der Waals surface area contributed by atoms with Crippen LogP contribution in [0.1, 0.15) is 6.42 Å². The van der Waals surface area contributed by atoms with Crippen molar-refractivity contribution in [3.05, 3.63) is 0 Å². The summed E-state index contributed by atoms with van der Waals surface area (Å²) < 4.78 is 0. The maximum atomic E-state index is 10.3. The van der Waals surface area contributed by atoms with Gasteiger partial charge in [0, 0.05) is 12.3 Å². The minimum atomic E-state index is -1.02. The van der Waals surface area contributed by atoms with E-state index in [1.165, 1.54) is 0 Å². The first kappa shape index (κ1) is 11.2. The van der Waals surface area contributed by atoms with Crippen molar-refractivity contribution in [3.8, 4) is 0 Å². The number of hydrogen-bond acceptors (Lipinski definition) is 4. The highest BCUT2D eigenvalue weighted by atomic mass is 32.1. The summed E-state index contributed by atoms with van der Waals surface area (Å²) in [5, 5.41) is 19.3. The summed E-state index contributed by atoms with van der Waals surface area (Å²) in [6.07, 6.45) is -0.0858. The topological polar surface area (TPSA) is 86.6 Å². The maximum absolute atomic E-state index is 10.3. The molecule has 0 amide bonds. The molecule has 0 bridgehead atoms. The second kappa shape index (κ2) is 5.84. The van der Waals surface area contributed by atoms with E-state index in [1.807, 2.05) is 0 Å². The van der Waals surface area contributed by atoms with E-state index >= 15 is 0 Å². The van der Waals surface area contributed by atoms with Gasteiger partial charge in [-0.05, 0) is 0 Å². The molecule has 3 N–H and O–H groups in total. The summed E-state index contributed by atoms with van der Waals surface area (Å²) in [6, 6.07) is -0.771. The Kier molecular flexibility index (Phi) is 5.48. The summed E-state index contributed by atoms with van der Waals surface area (Å²) in [7, 11) is 0. The lowest BCUT2D eigenvalue weighted by Gasteiger charge is -2.09. The van der Waals surface area contributed by atoms with E-state index in [-0.39, 0.29) is 18.7 Å². The molecular weight excluding hydrogens is 182 g/mol. The molecule has 0 spiro atoms. The van der Waals surface area contributed by atoms with Gasteiger partial charge in [-0.15, -0.1) is 0 Å². The lowest BCUT2D eigenvalue weighted by atomic mass is 10.3. The first-order valence-electron chi connectivity index (χ1n) is 3.36. The fraction of sp³-hybridized carbons (Fsp3) is 0.667. The molecule has 0 aromatic heterocycles. The van der Waals surface area contributed by atoms with Gasteiger partial charge in [-0.1, -0.05) is 0 Å². The van der Waals surface area contributed by atoms with Crippen molar-refractivity contribution in [3.63, 3.8) is 0 Å². The summed E-state index contributed by atoms with van der Waals surface area (Å²) in [5.41, 5.74) is 0. The third-order valence-corrected chi connectivity index (χ3v) is 1.58. The molecule has 0 rings (SSSR count). The zero-order valence-corrected chi connectivity index (χ0v) is 7.25. The van der Waals surface area contributed by atoms with Gasteiger partial charge in [0.2, 0.25) is 0 Å². The van der Waals surface area contributed by atoms with E-state index in [0.29, 0.717) is 0 Å². The fourth-order valence-electron chi connectivity index (χ4n) is 0.583. The van der Waals surface area contributed by atoms with Crippen molar-refractivity contribution in [2.45, 2.75) is 12.5 Å². The molecule has 0 aromatic rings. The van der Waals surface area contributed by atoms with E-state index in [2.05, 4.69) is 17.9 Å². The highest BCUT2D eigenvalue weighted by Gasteiger charge is 2.13. The Hall–Kier alpha value is -0.750. The van der Waals surface area contributed by atoms with Gasteiger partial charge >= 0.3 is 11.9 Å². The van der Waals surface area contributed by atoms with Gasteiger partial charge in [-0.2, -0.15) is 12.6 Å². The molecular formula is C6H11NO4S. The molecule has 70 valence electrons. The largest absolute Gasteiger partial charge is 0.481 e. The third kappa shape index (κ3) is 4.97. The lowest BCUT2D eigenvalue weighted by Crippen LogP contribution is -2.39. The second-order valence-electron chi connectivity index (χ2n) is 2.17. The molecule has 0 aliphatic heterocycles. The van der Waals surface area contributed by atoms with Gasteiger partial charge in [-0.25, -0.2) is 0 Å². The van der Waals surface area contributed by atoms with Crippen molar-refractivity contribution >= 4 is 24.6 Å². The van der Waals surface area contributed by atoms with E-state index < -0.39 is 18.0 Å². The Labute approximate surface area is 75.2 Å². The van der Waals surface area contributed by atoms with Crippen LogP contribution in [0.5, 0.6) is 0 Å². The quantitative estimate of drug-likeness (QED) is 0.424. The molecule has 0 aliphatic carbocycles. The average molecular weight is 193 g/mol. The first-order chi connectivity index (χ1) is 5.57. The van der Waals surface area contributed by atoms with Gasteiger partial charge in [0.25, 0.3) is 0 Å². The molecule has 0 aliphatic rings. The Morgan fingerprint density at radius 2 is 2.00 bits per heavy atom. The lowest BCUT2D eigenvalue weighted by molar-refractivity contribution is -0.140. The van der Waals surface area contributed by atoms with E-state index in [4.69, 9.17) is 10.2 Å². The molecule has 6 heteroatoms. The third-order valence-electron chi connectivity index (χ3n) is 1.21. The Morgan fingerprint density at radius 1 is 1.42 bits per heavy atom. The zero-order chi connectivity index (χ0) is 9.56. The highest BCUT2D eigenvalue weighted by Crippen LogP contribution is 1.88. The fourth-order valence-corrected chi connectivity index (χ4v) is 0.869. The predicted molar refractivity (Wildman–Crippen MR) is 45.5 cm³/mol. The molecule has 1 atom stereocenters. The molecule has 0 unspecified atom stereocenters. The molecule has 12 heavy (non-hydrogen) atoms. The van der Waals surface area contributed by atoms with Gasteiger partial charge in [0.15, 0.2) is 0 Å². The van der Waals surface area contributed by atoms with Crippen LogP contribution in [-0.4, -0.2) is 40.5 Å². The average Bonchev–Trinajstić information content (AvgIpc) is 1.96. The van der Waals surface area contributed by atoms with Crippen LogP contribution < -0.4 is 5.32 Å². The number of nitrogens with one attached hydrogen (secondary N) is 1. The van der Waals surface area contributed by atoms with Gasteiger partial charge in [-0.3, -0.25) is 9.59 Å². The van der Waals surface area contributed by atoms with Gasteiger partial charge in [0.05, 0.1) is 6.42 Å². The van der Waals surface area contributed by atoms with Gasteiger partial charge < -0.3 is 15.5 Å². The van der Waals surface area contributed by atoms with E-state index in [9.17, 15) is 9.59 Å². The summed E-state index contributed by atoms with van der Waals surface area (Å²) >= 11 is 3.79.